The fourth-order valence-electron chi connectivity index (χ4n) is 11.8. The number of ether oxygens (including phenoxy) is 1. The van der Waals surface area contributed by atoms with E-state index in [2.05, 4.69) is 252 Å². The zero-order valence-corrected chi connectivity index (χ0v) is 47.6. The topological polar surface area (TPSA) is 44.3 Å². The van der Waals surface area contributed by atoms with E-state index in [0.717, 1.165) is 66.2 Å². The van der Waals surface area contributed by atoms with E-state index in [4.69, 9.17) is 14.7 Å². The zero-order chi connectivity index (χ0) is 52.6. The number of benzene rings is 10. The summed E-state index contributed by atoms with van der Waals surface area (Å²) in [5, 5.41) is 5.39. The number of imidazole rings is 2. The van der Waals surface area contributed by atoms with Gasteiger partial charge in [0.1, 0.15) is 0 Å². The molecule has 0 N–H and O–H groups in total. The van der Waals surface area contributed by atoms with Crippen molar-refractivity contribution in [3.8, 4) is 62.0 Å². The van der Waals surface area contributed by atoms with Crippen LogP contribution in [0.3, 0.4) is 0 Å². The molecule has 3 heterocycles. The van der Waals surface area contributed by atoms with E-state index in [0.29, 0.717) is 23.3 Å². The first-order valence-electron chi connectivity index (χ1n) is 27.3. The Labute approximate surface area is 471 Å². The van der Waals surface area contributed by atoms with Gasteiger partial charge in [0.15, 0.2) is 0 Å². The molecule has 0 aliphatic carbocycles. The van der Waals surface area contributed by atoms with Crippen molar-refractivity contribution >= 4 is 60.2 Å². The second-order valence-electron chi connectivity index (χ2n) is 21.9. The van der Waals surface area contributed by atoms with E-state index in [-0.39, 0.29) is 32.9 Å². The van der Waals surface area contributed by atoms with Crippen LogP contribution in [0.25, 0.3) is 111 Å². The number of pyridine rings is 1. The molecular weight excluding hydrogens is 1130 g/mol. The predicted octanol–water partition coefficient (Wildman–Crippen LogP) is 19.8. The van der Waals surface area contributed by atoms with Gasteiger partial charge >= 0.3 is 21.1 Å². The SMILES string of the molecule is CC(C)c1cc(-c2ccccc2)cc(C(C)C)c1-c1ccc2c3ccc(Oc4[c-]c(-c5nc6ccccc6n5-c5c(C(C)C)cc(-c6ccccc6)cc5C(C)C)ccc4)[c-]c3c3nc4ccc5ccccc5c4n3c2c1.[Pt+2]. The van der Waals surface area contributed by atoms with Crippen molar-refractivity contribution < 1.29 is 25.8 Å². The molecule has 0 saturated carbocycles. The zero-order valence-electron chi connectivity index (χ0n) is 45.3. The largest absolute Gasteiger partial charge is 2.00 e. The summed E-state index contributed by atoms with van der Waals surface area (Å²) < 4.78 is 11.6. The normalized spacial score (nSPS) is 11.9. The Morgan fingerprint density at radius 2 is 1.01 bits per heavy atom. The predicted molar refractivity (Wildman–Crippen MR) is 322 cm³/mol. The van der Waals surface area contributed by atoms with Crippen molar-refractivity contribution in [2.75, 3.05) is 0 Å². The van der Waals surface area contributed by atoms with Crippen molar-refractivity contribution in [3.05, 3.63) is 229 Å². The monoisotopic (exact) mass is 1190 g/mol. The summed E-state index contributed by atoms with van der Waals surface area (Å²) in [5.74, 6) is 3.06. The van der Waals surface area contributed by atoms with Crippen LogP contribution < -0.4 is 4.74 Å². The van der Waals surface area contributed by atoms with Crippen molar-refractivity contribution in [3.63, 3.8) is 0 Å². The molecule has 0 spiro atoms. The number of rotatable bonds is 11. The van der Waals surface area contributed by atoms with Crippen LogP contribution in [0.5, 0.6) is 11.5 Å². The Kier molecular flexibility index (Phi) is 13.2. The fraction of sp³-hybridized carbons (Fsp3) is 0.167. The van der Waals surface area contributed by atoms with E-state index in [1.807, 2.05) is 18.2 Å². The summed E-state index contributed by atoms with van der Waals surface area (Å²) in [7, 11) is 0. The van der Waals surface area contributed by atoms with Crippen LogP contribution in [0.1, 0.15) is 101 Å². The van der Waals surface area contributed by atoms with E-state index < -0.39 is 0 Å². The third-order valence-corrected chi connectivity index (χ3v) is 15.6. The number of fused-ring (bicyclic) bond motifs is 11. The fourth-order valence-corrected chi connectivity index (χ4v) is 11.8. The Morgan fingerprint density at radius 3 is 1.68 bits per heavy atom. The van der Waals surface area contributed by atoms with E-state index in [9.17, 15) is 0 Å². The first-order chi connectivity index (χ1) is 37.5. The molecule has 0 bridgehead atoms. The molecule has 0 fully saturated rings. The maximum absolute atomic E-state index is 6.87. The number of para-hydroxylation sites is 2. The van der Waals surface area contributed by atoms with E-state index in [1.54, 1.807) is 0 Å². The van der Waals surface area contributed by atoms with Crippen molar-refractivity contribution in [2.45, 2.75) is 79.1 Å². The minimum atomic E-state index is 0. The molecule has 78 heavy (non-hydrogen) atoms. The number of hydrogen-bond donors (Lipinski definition) is 0. The summed E-state index contributed by atoms with van der Waals surface area (Å²) in [5.41, 5.74) is 20.6. The van der Waals surface area contributed by atoms with Crippen LogP contribution in [0.15, 0.2) is 194 Å². The second kappa shape index (κ2) is 20.4. The van der Waals surface area contributed by atoms with Gasteiger partial charge in [-0.2, -0.15) is 0 Å². The van der Waals surface area contributed by atoms with Gasteiger partial charge < -0.3 is 13.7 Å². The summed E-state index contributed by atoms with van der Waals surface area (Å²) in [4.78, 5) is 10.8. The Hall–Kier alpha value is -8.11. The van der Waals surface area contributed by atoms with E-state index >= 15 is 0 Å². The third-order valence-electron chi connectivity index (χ3n) is 15.6. The smallest absolute Gasteiger partial charge is 0.497 e. The minimum Gasteiger partial charge on any atom is -0.497 e. The van der Waals surface area contributed by atoms with Crippen molar-refractivity contribution in [1.29, 1.82) is 0 Å². The standard InChI is InChI=1S/C72H60N4O.Pt/c1-43(2)59-37-52(47-20-11-9-12-21-47)38-60(44(3)4)68(59)50-30-33-58-57-34-32-55(42-63(57)72-74-65-35-31-49-24-15-16-27-56(49)70(65)76(72)67(58)41-50)77-54-26-19-25-51(36-54)71-73-64-28-17-18-29-66(64)75(71)69-61(45(5)6)39-53(40-62(69)46(7)8)48-22-13-10-14-23-48;/h9-35,37-41,43-46H,1-8H3;/q-2;+2. The van der Waals surface area contributed by atoms with Crippen LogP contribution in [-0.2, 0) is 21.1 Å². The number of aromatic nitrogens is 4. The summed E-state index contributed by atoms with van der Waals surface area (Å²) >= 11 is 0. The van der Waals surface area contributed by atoms with Gasteiger partial charge in [-0.1, -0.05) is 212 Å². The first-order valence-corrected chi connectivity index (χ1v) is 27.3. The van der Waals surface area contributed by atoms with Gasteiger partial charge in [-0.15, -0.1) is 29.8 Å². The third kappa shape index (κ3) is 8.70. The summed E-state index contributed by atoms with van der Waals surface area (Å²) in [6.45, 7) is 18.4. The molecule has 13 rings (SSSR count). The second-order valence-corrected chi connectivity index (χ2v) is 21.9. The molecule has 0 radical (unpaired) electrons. The van der Waals surface area contributed by atoms with Crippen LogP contribution in [0, 0.1) is 12.1 Å². The van der Waals surface area contributed by atoms with Gasteiger partial charge in [-0.25, -0.2) is 0 Å². The Bertz CT molecular complexity index is 4370. The van der Waals surface area contributed by atoms with Crippen LogP contribution >= 0.6 is 0 Å². The molecule has 5 nitrogen and oxygen atoms in total. The maximum atomic E-state index is 6.87. The van der Waals surface area contributed by atoms with Crippen LogP contribution in [-0.4, -0.2) is 18.9 Å². The first kappa shape index (κ1) is 50.7. The van der Waals surface area contributed by atoms with Crippen LogP contribution in [0.4, 0.5) is 0 Å². The molecular formula is C72H60N4OPt. The van der Waals surface area contributed by atoms with Gasteiger partial charge in [0.25, 0.3) is 0 Å². The molecule has 6 heteroatoms. The molecule has 0 aliphatic rings. The van der Waals surface area contributed by atoms with Crippen molar-refractivity contribution in [1.82, 2.24) is 18.9 Å². The Balaban J connectivity index is 0.00000609. The van der Waals surface area contributed by atoms with Gasteiger partial charge in [-0.3, -0.25) is 9.97 Å². The van der Waals surface area contributed by atoms with Gasteiger partial charge in [0.05, 0.1) is 33.5 Å². The summed E-state index contributed by atoms with van der Waals surface area (Å²) in [6, 6.07) is 77.3. The molecule has 0 aliphatic heterocycles. The molecule has 0 unspecified atom stereocenters. The molecule has 0 amide bonds. The number of hydrogen-bond acceptors (Lipinski definition) is 3. The minimum absolute atomic E-state index is 0. The molecule has 384 valence electrons. The van der Waals surface area contributed by atoms with Gasteiger partial charge in [0.2, 0.25) is 0 Å². The Morgan fingerprint density at radius 1 is 0.423 bits per heavy atom. The maximum Gasteiger partial charge on any atom is 2.00 e. The van der Waals surface area contributed by atoms with E-state index in [1.165, 1.54) is 66.7 Å². The average Bonchev–Trinajstić information content (AvgIpc) is 4.23. The molecule has 0 saturated heterocycles. The molecule has 0 atom stereocenters. The van der Waals surface area contributed by atoms with Gasteiger partial charge in [0, 0.05) is 28.1 Å². The van der Waals surface area contributed by atoms with Crippen LogP contribution in [0.2, 0.25) is 0 Å². The quantitative estimate of drug-likeness (QED) is 0.0958. The average molecular weight is 1190 g/mol. The van der Waals surface area contributed by atoms with Crippen molar-refractivity contribution in [2.24, 2.45) is 0 Å². The molecule has 13 aromatic rings. The van der Waals surface area contributed by atoms with Gasteiger partial charge in [-0.05, 0) is 126 Å². The molecule has 10 aromatic carbocycles. The summed E-state index contributed by atoms with van der Waals surface area (Å²) in [6.07, 6.45) is 0. The molecule has 3 aromatic heterocycles. The number of nitrogens with zero attached hydrogens (tertiary/aromatic N) is 4.